The summed E-state index contributed by atoms with van der Waals surface area (Å²) in [5, 5.41) is 3.92. The van der Waals surface area contributed by atoms with E-state index in [0.717, 1.165) is 27.1 Å². The Labute approximate surface area is 219 Å². The normalized spacial score (nSPS) is 14.2. The first-order valence-corrected chi connectivity index (χ1v) is 12.3. The minimum absolute atomic E-state index is 0.118. The zero-order valence-corrected chi connectivity index (χ0v) is 22.1. The first-order valence-electron chi connectivity index (χ1n) is 11.5. The summed E-state index contributed by atoms with van der Waals surface area (Å²) in [4.78, 5) is 38.1. The first-order chi connectivity index (χ1) is 17.8. The van der Waals surface area contributed by atoms with Gasteiger partial charge in [0.1, 0.15) is 18.5 Å². The van der Waals surface area contributed by atoms with Gasteiger partial charge in [-0.25, -0.2) is 9.67 Å². The molecule has 0 saturated carbocycles. The van der Waals surface area contributed by atoms with Crippen molar-refractivity contribution in [2.75, 3.05) is 19.1 Å². The average molecular weight is 560 g/mol. The van der Waals surface area contributed by atoms with Crippen molar-refractivity contribution in [1.29, 1.82) is 0 Å². The summed E-state index contributed by atoms with van der Waals surface area (Å²) >= 11 is 3.50. The maximum atomic E-state index is 14.0. The summed E-state index contributed by atoms with van der Waals surface area (Å²) in [5.41, 5.74) is 3.93. The van der Waals surface area contributed by atoms with E-state index in [-0.39, 0.29) is 17.2 Å². The number of amides is 1. The fourth-order valence-electron chi connectivity index (χ4n) is 4.84. The molecule has 0 spiro atoms. The molecule has 0 radical (unpaired) electrons. The minimum atomic E-state index is -0.311. The Kier molecular flexibility index (Phi) is 5.19. The summed E-state index contributed by atoms with van der Waals surface area (Å²) in [6.07, 6.45) is 1.89. The van der Waals surface area contributed by atoms with Gasteiger partial charge in [-0.2, -0.15) is 0 Å². The standard InChI is InChI=1S/C26H22BrN7O3/c1-15-22(25(36)34(31(15)3)18-8-6-5-7-9-18)33-19(16-10-12-17(27)13-11-16)14-32-23-20(28-26(32)33)21(29-37-4)24(35)30(23)2/h5-14H,1-4H3/b29-21-. The Morgan fingerprint density at radius 1 is 1.00 bits per heavy atom. The average Bonchev–Trinajstić information content (AvgIpc) is 3.56. The summed E-state index contributed by atoms with van der Waals surface area (Å²) in [6.45, 7) is 1.90. The van der Waals surface area contributed by atoms with Crippen molar-refractivity contribution in [2.24, 2.45) is 12.2 Å². The molecule has 0 atom stereocenters. The van der Waals surface area contributed by atoms with E-state index >= 15 is 0 Å². The Hall–Kier alpha value is -4.38. The topological polar surface area (TPSA) is 91.1 Å². The number of fused-ring (bicyclic) bond motifs is 3. The smallest absolute Gasteiger partial charge is 0.296 e. The molecule has 10 nitrogen and oxygen atoms in total. The Morgan fingerprint density at radius 2 is 1.70 bits per heavy atom. The van der Waals surface area contributed by atoms with Gasteiger partial charge in [0.25, 0.3) is 11.5 Å². The fraction of sp³-hybridized carbons (Fsp3) is 0.154. The molecule has 0 aliphatic carbocycles. The molecule has 11 heteroatoms. The van der Waals surface area contributed by atoms with Crippen LogP contribution in [0.2, 0.25) is 0 Å². The van der Waals surface area contributed by atoms with E-state index in [1.807, 2.05) is 88.4 Å². The van der Waals surface area contributed by atoms with E-state index in [4.69, 9.17) is 9.82 Å². The maximum absolute atomic E-state index is 14.0. The van der Waals surface area contributed by atoms with Crippen LogP contribution in [0.15, 0.2) is 75.2 Å². The van der Waals surface area contributed by atoms with E-state index in [9.17, 15) is 9.59 Å². The summed E-state index contributed by atoms with van der Waals surface area (Å²) < 4.78 is 8.08. The van der Waals surface area contributed by atoms with Crippen LogP contribution in [-0.4, -0.2) is 49.1 Å². The monoisotopic (exact) mass is 559 g/mol. The quantitative estimate of drug-likeness (QED) is 0.314. The molecule has 1 aliphatic heterocycles. The lowest BCUT2D eigenvalue weighted by atomic mass is 10.1. The number of carbonyl (C=O) groups excluding carboxylic acids is 1. The summed E-state index contributed by atoms with van der Waals surface area (Å²) in [7, 11) is 4.91. The molecule has 4 heterocycles. The van der Waals surface area contributed by atoms with Crippen molar-refractivity contribution in [3.63, 3.8) is 0 Å². The second-order valence-electron chi connectivity index (χ2n) is 8.71. The lowest BCUT2D eigenvalue weighted by Gasteiger charge is -2.08. The van der Waals surface area contributed by atoms with Crippen molar-refractivity contribution in [1.82, 2.24) is 23.3 Å². The number of nitrogens with zero attached hydrogens (tertiary/aromatic N) is 7. The molecule has 0 N–H and O–H groups in total. The van der Waals surface area contributed by atoms with Crippen LogP contribution in [0.3, 0.4) is 0 Å². The van der Waals surface area contributed by atoms with Gasteiger partial charge in [0.05, 0.1) is 17.1 Å². The molecule has 0 saturated heterocycles. The molecule has 0 fully saturated rings. The van der Waals surface area contributed by atoms with E-state index in [0.29, 0.717) is 23.0 Å². The third-order valence-corrected chi connectivity index (χ3v) is 7.21. The largest absolute Gasteiger partial charge is 0.398 e. The number of aromatic nitrogens is 5. The maximum Gasteiger partial charge on any atom is 0.296 e. The number of imidazole rings is 2. The Bertz CT molecular complexity index is 1790. The van der Waals surface area contributed by atoms with Gasteiger partial charge in [-0.05, 0) is 31.2 Å². The summed E-state index contributed by atoms with van der Waals surface area (Å²) in [5.74, 6) is 0.732. The van der Waals surface area contributed by atoms with Crippen LogP contribution in [0.4, 0.5) is 5.82 Å². The van der Waals surface area contributed by atoms with Crippen molar-refractivity contribution in [2.45, 2.75) is 6.92 Å². The molecule has 1 aliphatic rings. The van der Waals surface area contributed by atoms with Crippen molar-refractivity contribution in [3.8, 4) is 22.6 Å². The van der Waals surface area contributed by atoms with E-state index < -0.39 is 0 Å². The summed E-state index contributed by atoms with van der Waals surface area (Å²) in [6, 6.07) is 17.3. The van der Waals surface area contributed by atoms with E-state index in [1.165, 1.54) is 12.0 Å². The fourth-order valence-corrected chi connectivity index (χ4v) is 5.11. The van der Waals surface area contributed by atoms with Gasteiger partial charge in [-0.3, -0.25) is 28.1 Å². The molecular weight excluding hydrogens is 538 g/mol. The number of carbonyl (C=O) groups is 1. The lowest BCUT2D eigenvalue weighted by Crippen LogP contribution is -2.27. The van der Waals surface area contributed by atoms with E-state index in [2.05, 4.69) is 21.1 Å². The van der Waals surface area contributed by atoms with Crippen LogP contribution in [0.1, 0.15) is 11.4 Å². The highest BCUT2D eigenvalue weighted by Gasteiger charge is 2.39. The molecule has 3 aromatic heterocycles. The lowest BCUT2D eigenvalue weighted by molar-refractivity contribution is -0.112. The molecule has 0 bridgehead atoms. The number of benzene rings is 2. The number of hydrogen-bond acceptors (Lipinski definition) is 5. The number of halogens is 1. The van der Waals surface area contributed by atoms with Gasteiger partial charge in [-0.15, -0.1) is 0 Å². The SMILES string of the molecule is CO/N=C1\C(=O)N(C)c2c1nc1n(-c3c(C)n(C)n(-c4ccccc4)c3=O)c(-c3ccc(Br)cc3)cn21. The number of para-hydroxylation sites is 1. The molecule has 186 valence electrons. The predicted octanol–water partition coefficient (Wildman–Crippen LogP) is 3.68. The number of likely N-dealkylation sites (N-methyl/N-ethyl adjacent to an activating group) is 1. The number of hydrogen-bond donors (Lipinski definition) is 0. The third-order valence-electron chi connectivity index (χ3n) is 6.68. The molecule has 37 heavy (non-hydrogen) atoms. The molecular formula is C26H22BrN7O3. The van der Waals surface area contributed by atoms with Gasteiger partial charge in [-0.1, -0.05) is 51.4 Å². The first kappa shape index (κ1) is 23.0. The van der Waals surface area contributed by atoms with Crippen LogP contribution in [0.5, 0.6) is 0 Å². The molecule has 2 aromatic carbocycles. The second kappa shape index (κ2) is 8.34. The van der Waals surface area contributed by atoms with Crippen molar-refractivity contribution in [3.05, 3.63) is 87.0 Å². The molecule has 6 rings (SSSR count). The van der Waals surface area contributed by atoms with Crippen molar-refractivity contribution < 1.29 is 9.63 Å². The van der Waals surface area contributed by atoms with Gasteiger partial charge in [0.2, 0.25) is 5.78 Å². The Balaban J connectivity index is 1.71. The molecule has 0 unspecified atom stereocenters. The number of oxime groups is 1. The minimum Gasteiger partial charge on any atom is -0.398 e. The van der Waals surface area contributed by atoms with Gasteiger partial charge in [0.15, 0.2) is 11.5 Å². The molecule has 1 amide bonds. The van der Waals surface area contributed by atoms with E-state index in [1.54, 1.807) is 11.7 Å². The van der Waals surface area contributed by atoms with Crippen LogP contribution >= 0.6 is 15.9 Å². The van der Waals surface area contributed by atoms with Gasteiger partial charge < -0.3 is 4.84 Å². The number of rotatable bonds is 4. The van der Waals surface area contributed by atoms with Crippen LogP contribution in [0, 0.1) is 6.92 Å². The zero-order valence-electron chi connectivity index (χ0n) is 20.5. The van der Waals surface area contributed by atoms with Crippen LogP contribution < -0.4 is 10.5 Å². The second-order valence-corrected chi connectivity index (χ2v) is 9.62. The highest BCUT2D eigenvalue weighted by atomic mass is 79.9. The third kappa shape index (κ3) is 3.23. The van der Waals surface area contributed by atoms with Crippen molar-refractivity contribution >= 4 is 39.1 Å². The van der Waals surface area contributed by atoms with Crippen LogP contribution in [-0.2, 0) is 16.7 Å². The van der Waals surface area contributed by atoms with Gasteiger partial charge in [0, 0.05) is 30.3 Å². The molecule has 5 aromatic rings. The zero-order chi connectivity index (χ0) is 26.0. The van der Waals surface area contributed by atoms with Crippen LogP contribution in [0.25, 0.3) is 28.4 Å². The Morgan fingerprint density at radius 3 is 2.38 bits per heavy atom. The predicted molar refractivity (Wildman–Crippen MR) is 144 cm³/mol. The highest BCUT2D eigenvalue weighted by Crippen LogP contribution is 2.35. The van der Waals surface area contributed by atoms with Gasteiger partial charge >= 0.3 is 0 Å². The number of anilines is 1. The highest BCUT2D eigenvalue weighted by molar-refractivity contribution is 9.10.